The summed E-state index contributed by atoms with van der Waals surface area (Å²) in [5.41, 5.74) is 1.99. The maximum absolute atomic E-state index is 6.21. The molecular weight excluding hydrogens is 224 g/mol. The fraction of sp³-hybridized carbons (Fsp3) is 0.273. The molecule has 0 radical (unpaired) electrons. The van der Waals surface area contributed by atoms with Crippen LogP contribution in [-0.4, -0.2) is 21.8 Å². The van der Waals surface area contributed by atoms with E-state index in [1.54, 1.807) is 11.0 Å². The summed E-state index contributed by atoms with van der Waals surface area (Å²) in [6.07, 6.45) is 3.11. The van der Waals surface area contributed by atoms with Crippen LogP contribution in [0.1, 0.15) is 18.5 Å². The van der Waals surface area contributed by atoms with Gasteiger partial charge in [-0.3, -0.25) is 0 Å². The zero-order valence-corrected chi connectivity index (χ0v) is 9.94. The first kappa shape index (κ1) is 11.1. The van der Waals surface area contributed by atoms with Crippen LogP contribution in [0.5, 0.6) is 0 Å². The zero-order chi connectivity index (χ0) is 11.5. The van der Waals surface area contributed by atoms with Crippen LogP contribution in [0.3, 0.4) is 0 Å². The normalized spacial score (nSPS) is 12.7. The van der Waals surface area contributed by atoms with Gasteiger partial charge in [0.05, 0.1) is 10.7 Å². The third-order valence-corrected chi connectivity index (χ3v) is 2.87. The van der Waals surface area contributed by atoms with Crippen LogP contribution in [0.15, 0.2) is 30.9 Å². The Morgan fingerprint density at radius 1 is 1.44 bits per heavy atom. The fourth-order valence-electron chi connectivity index (χ4n) is 1.48. The molecule has 0 fully saturated rings. The smallest absolute Gasteiger partial charge is 0.138 e. The van der Waals surface area contributed by atoms with Gasteiger partial charge in [0.1, 0.15) is 12.7 Å². The van der Waals surface area contributed by atoms with Crippen molar-refractivity contribution < 1.29 is 0 Å². The molecule has 2 rings (SSSR count). The van der Waals surface area contributed by atoms with Crippen molar-refractivity contribution in [3.8, 4) is 5.69 Å². The Morgan fingerprint density at radius 3 is 2.81 bits per heavy atom. The Labute approximate surface area is 99.3 Å². The standard InChI is InChI=1S/C11H13ClN4/c1-8(13-2)9-3-4-11(10(12)5-9)16-7-14-6-15-16/h3-8,13H,1-2H3. The molecule has 1 aromatic heterocycles. The molecule has 1 aromatic carbocycles. The number of benzene rings is 1. The van der Waals surface area contributed by atoms with Crippen LogP contribution in [0.4, 0.5) is 0 Å². The largest absolute Gasteiger partial charge is 0.313 e. The van der Waals surface area contributed by atoms with Crippen molar-refractivity contribution in [2.24, 2.45) is 0 Å². The lowest BCUT2D eigenvalue weighted by Crippen LogP contribution is -2.12. The topological polar surface area (TPSA) is 42.7 Å². The molecule has 16 heavy (non-hydrogen) atoms. The SMILES string of the molecule is CNC(C)c1ccc(-n2cncn2)c(Cl)c1. The van der Waals surface area contributed by atoms with Gasteiger partial charge in [-0.25, -0.2) is 9.67 Å². The molecule has 1 heterocycles. The maximum Gasteiger partial charge on any atom is 0.138 e. The van der Waals surface area contributed by atoms with Gasteiger partial charge in [0.2, 0.25) is 0 Å². The molecule has 0 aliphatic rings. The van der Waals surface area contributed by atoms with Crippen molar-refractivity contribution in [3.63, 3.8) is 0 Å². The van der Waals surface area contributed by atoms with Crippen LogP contribution >= 0.6 is 11.6 Å². The van der Waals surface area contributed by atoms with E-state index in [-0.39, 0.29) is 6.04 Å². The molecule has 0 saturated heterocycles. The van der Waals surface area contributed by atoms with Gasteiger partial charge in [0.15, 0.2) is 0 Å². The monoisotopic (exact) mass is 236 g/mol. The minimum atomic E-state index is 0.280. The zero-order valence-electron chi connectivity index (χ0n) is 9.18. The molecule has 1 atom stereocenters. The van der Waals surface area contributed by atoms with Gasteiger partial charge in [-0.05, 0) is 31.7 Å². The van der Waals surface area contributed by atoms with Gasteiger partial charge in [0, 0.05) is 6.04 Å². The lowest BCUT2D eigenvalue weighted by molar-refractivity contribution is 0.652. The molecule has 0 amide bonds. The fourth-order valence-corrected chi connectivity index (χ4v) is 1.75. The molecule has 2 aromatic rings. The molecule has 5 heteroatoms. The minimum Gasteiger partial charge on any atom is -0.313 e. The van der Waals surface area contributed by atoms with Crippen LogP contribution in [-0.2, 0) is 0 Å². The number of nitrogens with zero attached hydrogens (tertiary/aromatic N) is 3. The Bertz CT molecular complexity index is 467. The molecule has 0 spiro atoms. The molecule has 0 aliphatic heterocycles. The van der Waals surface area contributed by atoms with Gasteiger partial charge in [-0.2, -0.15) is 5.10 Å². The highest BCUT2D eigenvalue weighted by Gasteiger charge is 2.07. The minimum absolute atomic E-state index is 0.280. The second-order valence-electron chi connectivity index (χ2n) is 3.56. The van der Waals surface area contributed by atoms with Crippen molar-refractivity contribution in [1.29, 1.82) is 0 Å². The number of aromatic nitrogens is 3. The van der Waals surface area contributed by atoms with Crippen LogP contribution < -0.4 is 5.32 Å². The highest BCUT2D eigenvalue weighted by Crippen LogP contribution is 2.23. The lowest BCUT2D eigenvalue weighted by atomic mass is 10.1. The molecule has 0 saturated carbocycles. The van der Waals surface area contributed by atoms with Crippen LogP contribution in [0.2, 0.25) is 5.02 Å². The van der Waals surface area contributed by atoms with E-state index in [0.717, 1.165) is 11.3 Å². The van der Waals surface area contributed by atoms with Gasteiger partial charge >= 0.3 is 0 Å². The molecule has 0 bridgehead atoms. The van der Waals surface area contributed by atoms with Crippen LogP contribution in [0, 0.1) is 0 Å². The average molecular weight is 237 g/mol. The molecule has 0 aliphatic carbocycles. The van der Waals surface area contributed by atoms with Crippen molar-refractivity contribution in [2.75, 3.05) is 7.05 Å². The third kappa shape index (κ3) is 2.08. The quantitative estimate of drug-likeness (QED) is 0.889. The Kier molecular flexibility index (Phi) is 3.22. The predicted molar refractivity (Wildman–Crippen MR) is 63.8 cm³/mol. The van der Waals surface area contributed by atoms with E-state index in [4.69, 9.17) is 11.6 Å². The molecular formula is C11H13ClN4. The summed E-state index contributed by atoms with van der Waals surface area (Å²) in [5, 5.41) is 7.89. The Hall–Kier alpha value is -1.39. The summed E-state index contributed by atoms with van der Waals surface area (Å²) in [6.45, 7) is 2.08. The first-order valence-electron chi connectivity index (χ1n) is 5.04. The van der Waals surface area contributed by atoms with E-state index in [2.05, 4.69) is 22.3 Å². The molecule has 1 N–H and O–H groups in total. The second kappa shape index (κ2) is 4.63. The maximum atomic E-state index is 6.21. The van der Waals surface area contributed by atoms with E-state index in [1.807, 2.05) is 25.2 Å². The van der Waals surface area contributed by atoms with E-state index in [0.29, 0.717) is 5.02 Å². The van der Waals surface area contributed by atoms with E-state index < -0.39 is 0 Å². The van der Waals surface area contributed by atoms with Crippen molar-refractivity contribution in [1.82, 2.24) is 20.1 Å². The summed E-state index contributed by atoms with van der Waals surface area (Å²) in [7, 11) is 1.92. The van der Waals surface area contributed by atoms with E-state index in [1.165, 1.54) is 6.33 Å². The lowest BCUT2D eigenvalue weighted by Gasteiger charge is -2.12. The summed E-state index contributed by atoms with van der Waals surface area (Å²) >= 11 is 6.21. The number of halogens is 1. The Morgan fingerprint density at radius 2 is 2.25 bits per heavy atom. The predicted octanol–water partition coefficient (Wildman–Crippen LogP) is 2.20. The van der Waals surface area contributed by atoms with Crippen LogP contribution in [0.25, 0.3) is 5.69 Å². The number of nitrogens with one attached hydrogen (secondary N) is 1. The van der Waals surface area contributed by atoms with Crippen molar-refractivity contribution in [2.45, 2.75) is 13.0 Å². The van der Waals surface area contributed by atoms with E-state index >= 15 is 0 Å². The van der Waals surface area contributed by atoms with Gasteiger partial charge in [-0.15, -0.1) is 0 Å². The van der Waals surface area contributed by atoms with Crippen molar-refractivity contribution in [3.05, 3.63) is 41.4 Å². The molecule has 84 valence electrons. The molecule has 1 unspecified atom stereocenters. The first-order valence-corrected chi connectivity index (χ1v) is 5.42. The summed E-state index contributed by atoms with van der Waals surface area (Å²) in [6, 6.07) is 6.20. The summed E-state index contributed by atoms with van der Waals surface area (Å²) in [5.74, 6) is 0. The second-order valence-corrected chi connectivity index (χ2v) is 3.97. The summed E-state index contributed by atoms with van der Waals surface area (Å²) < 4.78 is 1.65. The highest BCUT2D eigenvalue weighted by atomic mass is 35.5. The highest BCUT2D eigenvalue weighted by molar-refractivity contribution is 6.32. The van der Waals surface area contributed by atoms with Gasteiger partial charge in [0.25, 0.3) is 0 Å². The van der Waals surface area contributed by atoms with Gasteiger partial charge < -0.3 is 5.32 Å². The number of hydrogen-bond acceptors (Lipinski definition) is 3. The first-order chi connectivity index (χ1) is 7.72. The van der Waals surface area contributed by atoms with Gasteiger partial charge in [-0.1, -0.05) is 17.7 Å². The molecule has 4 nitrogen and oxygen atoms in total. The van der Waals surface area contributed by atoms with E-state index in [9.17, 15) is 0 Å². The summed E-state index contributed by atoms with van der Waals surface area (Å²) in [4.78, 5) is 3.89. The average Bonchev–Trinajstić information content (AvgIpc) is 2.81. The third-order valence-electron chi connectivity index (χ3n) is 2.57. The number of hydrogen-bond donors (Lipinski definition) is 1. The Balaban J connectivity index is 2.37. The number of rotatable bonds is 3. The van der Waals surface area contributed by atoms with Crippen molar-refractivity contribution >= 4 is 11.6 Å².